The first-order valence-electron chi connectivity index (χ1n) is 13.9. The third-order valence-corrected chi connectivity index (χ3v) is 6.65. The van der Waals surface area contributed by atoms with E-state index in [1.54, 1.807) is 6.20 Å². The summed E-state index contributed by atoms with van der Waals surface area (Å²) >= 11 is 0. The van der Waals surface area contributed by atoms with Crippen molar-refractivity contribution in [2.75, 3.05) is 13.2 Å². The Morgan fingerprint density at radius 2 is 1.22 bits per heavy atom. The molecule has 200 valence electrons. The lowest BCUT2D eigenvalue weighted by Crippen LogP contribution is -2.33. The largest absolute Gasteiger partial charge is 0.462 e. The Morgan fingerprint density at radius 3 is 1.67 bits per heavy atom. The van der Waals surface area contributed by atoms with Gasteiger partial charge in [0.25, 0.3) is 0 Å². The first-order valence-corrected chi connectivity index (χ1v) is 13.9. The normalized spacial score (nSPS) is 14.1. The number of dihydropyridines is 1. The van der Waals surface area contributed by atoms with Gasteiger partial charge in [0.1, 0.15) is 0 Å². The first-order chi connectivity index (χ1) is 17.5. The van der Waals surface area contributed by atoms with E-state index in [0.717, 1.165) is 38.5 Å². The van der Waals surface area contributed by atoms with Crippen LogP contribution in [0.15, 0.2) is 46.9 Å². The zero-order valence-electron chi connectivity index (χ0n) is 22.9. The Balaban J connectivity index is 2.08. The molecule has 2 rings (SSSR count). The number of aromatic nitrogens is 1. The summed E-state index contributed by atoms with van der Waals surface area (Å²) in [4.78, 5) is 31.0. The summed E-state index contributed by atoms with van der Waals surface area (Å²) in [6, 6.07) is 5.54. The molecular formula is C30H46N2O4. The van der Waals surface area contributed by atoms with Crippen LogP contribution in [0.4, 0.5) is 0 Å². The van der Waals surface area contributed by atoms with E-state index in [0.29, 0.717) is 41.4 Å². The van der Waals surface area contributed by atoms with Crippen molar-refractivity contribution in [2.24, 2.45) is 0 Å². The molecule has 1 aromatic rings. The first kappa shape index (κ1) is 29.6. The molecule has 6 heteroatoms. The number of pyridine rings is 1. The quantitative estimate of drug-likeness (QED) is 0.182. The Hall–Kier alpha value is -2.63. The molecule has 0 aliphatic carbocycles. The maximum atomic E-state index is 13.3. The van der Waals surface area contributed by atoms with Crippen molar-refractivity contribution >= 4 is 11.9 Å². The van der Waals surface area contributed by atoms with Gasteiger partial charge in [-0.15, -0.1) is 0 Å². The number of rotatable bonds is 17. The molecule has 1 N–H and O–H groups in total. The van der Waals surface area contributed by atoms with Gasteiger partial charge in [-0.1, -0.05) is 84.1 Å². The van der Waals surface area contributed by atoms with Gasteiger partial charge < -0.3 is 14.8 Å². The maximum Gasteiger partial charge on any atom is 0.336 e. The predicted octanol–water partition coefficient (Wildman–Crippen LogP) is 7.12. The summed E-state index contributed by atoms with van der Waals surface area (Å²) in [5.74, 6) is -1.43. The summed E-state index contributed by atoms with van der Waals surface area (Å²) in [6.45, 7) is 8.83. The van der Waals surface area contributed by atoms with Gasteiger partial charge in [0, 0.05) is 17.6 Å². The number of nitrogens with zero attached hydrogens (tertiary/aromatic N) is 1. The molecule has 0 unspecified atom stereocenters. The predicted molar refractivity (Wildman–Crippen MR) is 144 cm³/mol. The van der Waals surface area contributed by atoms with E-state index >= 15 is 0 Å². The summed E-state index contributed by atoms with van der Waals surface area (Å²) in [5, 5.41) is 3.22. The molecule has 0 saturated heterocycles. The maximum absolute atomic E-state index is 13.3. The number of carbonyl (C=O) groups is 2. The molecule has 1 aliphatic rings. The van der Waals surface area contributed by atoms with Crippen molar-refractivity contribution in [1.29, 1.82) is 0 Å². The van der Waals surface area contributed by atoms with Gasteiger partial charge in [-0.3, -0.25) is 4.98 Å². The van der Waals surface area contributed by atoms with Crippen LogP contribution in [0.3, 0.4) is 0 Å². The van der Waals surface area contributed by atoms with E-state index in [1.807, 2.05) is 32.0 Å². The molecule has 0 bridgehead atoms. The van der Waals surface area contributed by atoms with Crippen molar-refractivity contribution in [2.45, 2.75) is 111 Å². The van der Waals surface area contributed by atoms with Crippen LogP contribution in [0.25, 0.3) is 0 Å². The molecule has 36 heavy (non-hydrogen) atoms. The molecule has 0 aromatic carbocycles. The standard InChI is InChI=1S/C30H46N2O4/c1-5-7-9-11-13-17-21-35-29(33)26-23(3)32-24(4)27(28(26)25-19-15-16-20-31-25)30(34)36-22-18-14-12-10-8-6-2/h15-16,19-20,28,32H,5-14,17-18,21-22H2,1-4H3. The highest BCUT2D eigenvalue weighted by atomic mass is 16.5. The fourth-order valence-corrected chi connectivity index (χ4v) is 4.63. The minimum atomic E-state index is -0.624. The van der Waals surface area contributed by atoms with Gasteiger partial charge in [0.05, 0.1) is 36.0 Å². The third kappa shape index (κ3) is 9.44. The van der Waals surface area contributed by atoms with Crippen LogP contribution in [-0.2, 0) is 19.1 Å². The fraction of sp³-hybridized carbons (Fsp3) is 0.633. The summed E-state index contributed by atoms with van der Waals surface area (Å²) in [7, 11) is 0. The molecule has 6 nitrogen and oxygen atoms in total. The second-order valence-corrected chi connectivity index (χ2v) is 9.70. The SMILES string of the molecule is CCCCCCCCOC(=O)C1=C(C)NC(C)=C(C(=O)OCCCCCCCC)C1c1ccccn1. The average Bonchev–Trinajstić information content (AvgIpc) is 2.87. The second-order valence-electron chi connectivity index (χ2n) is 9.70. The van der Waals surface area contributed by atoms with Gasteiger partial charge in [-0.25, -0.2) is 9.59 Å². The van der Waals surface area contributed by atoms with Gasteiger partial charge in [0.15, 0.2) is 0 Å². The number of unbranched alkanes of at least 4 members (excludes halogenated alkanes) is 10. The topological polar surface area (TPSA) is 77.5 Å². The van der Waals surface area contributed by atoms with Crippen LogP contribution in [0.2, 0.25) is 0 Å². The molecule has 0 atom stereocenters. The molecule has 0 amide bonds. The zero-order valence-corrected chi connectivity index (χ0v) is 22.9. The van der Waals surface area contributed by atoms with E-state index in [2.05, 4.69) is 24.1 Å². The van der Waals surface area contributed by atoms with Crippen molar-refractivity contribution in [3.8, 4) is 0 Å². The van der Waals surface area contributed by atoms with E-state index in [9.17, 15) is 9.59 Å². The number of carbonyl (C=O) groups excluding carboxylic acids is 2. The molecule has 0 saturated carbocycles. The van der Waals surface area contributed by atoms with Crippen molar-refractivity contribution in [3.05, 3.63) is 52.6 Å². The van der Waals surface area contributed by atoms with E-state index in [4.69, 9.17) is 9.47 Å². The molecule has 1 aliphatic heterocycles. The average molecular weight is 499 g/mol. The Morgan fingerprint density at radius 1 is 0.750 bits per heavy atom. The summed E-state index contributed by atoms with van der Waals surface area (Å²) in [6.07, 6.45) is 15.1. The highest BCUT2D eigenvalue weighted by Gasteiger charge is 2.38. The number of hydrogen-bond donors (Lipinski definition) is 1. The summed E-state index contributed by atoms with van der Waals surface area (Å²) in [5.41, 5.74) is 2.86. The number of hydrogen-bond acceptors (Lipinski definition) is 6. The second kappa shape index (κ2) is 16.9. The Kier molecular flexibility index (Phi) is 13.9. The number of nitrogens with one attached hydrogen (secondary N) is 1. The van der Waals surface area contributed by atoms with E-state index < -0.39 is 17.9 Å². The van der Waals surface area contributed by atoms with Crippen LogP contribution in [-0.4, -0.2) is 30.1 Å². The lowest BCUT2D eigenvalue weighted by molar-refractivity contribution is -0.140. The smallest absolute Gasteiger partial charge is 0.336 e. The lowest BCUT2D eigenvalue weighted by Gasteiger charge is -2.30. The molecular weight excluding hydrogens is 452 g/mol. The minimum absolute atomic E-state index is 0.372. The minimum Gasteiger partial charge on any atom is -0.462 e. The molecule has 2 heterocycles. The highest BCUT2D eigenvalue weighted by Crippen LogP contribution is 2.38. The summed E-state index contributed by atoms with van der Waals surface area (Å²) < 4.78 is 11.4. The third-order valence-electron chi connectivity index (χ3n) is 6.65. The van der Waals surface area contributed by atoms with Crippen LogP contribution < -0.4 is 5.32 Å². The van der Waals surface area contributed by atoms with Gasteiger partial charge in [0.2, 0.25) is 0 Å². The molecule has 0 radical (unpaired) electrons. The molecule has 0 fully saturated rings. The number of ether oxygens (including phenoxy) is 2. The lowest BCUT2D eigenvalue weighted by atomic mass is 9.82. The van der Waals surface area contributed by atoms with Crippen LogP contribution in [0.1, 0.15) is 116 Å². The zero-order chi connectivity index (χ0) is 26.2. The molecule has 0 spiro atoms. The van der Waals surface area contributed by atoms with Gasteiger partial charge >= 0.3 is 11.9 Å². The Bertz CT molecular complexity index is 824. The monoisotopic (exact) mass is 498 g/mol. The van der Waals surface area contributed by atoms with Crippen molar-refractivity contribution in [3.63, 3.8) is 0 Å². The van der Waals surface area contributed by atoms with E-state index in [-0.39, 0.29) is 0 Å². The number of allylic oxidation sites excluding steroid dienone is 2. The van der Waals surface area contributed by atoms with E-state index in [1.165, 1.54) is 38.5 Å². The van der Waals surface area contributed by atoms with Crippen molar-refractivity contribution < 1.29 is 19.1 Å². The highest BCUT2D eigenvalue weighted by molar-refractivity contribution is 5.99. The van der Waals surface area contributed by atoms with Crippen LogP contribution in [0.5, 0.6) is 0 Å². The van der Waals surface area contributed by atoms with Gasteiger partial charge in [-0.05, 0) is 38.8 Å². The fourth-order valence-electron chi connectivity index (χ4n) is 4.63. The number of esters is 2. The Labute approximate surface area is 217 Å². The van der Waals surface area contributed by atoms with Crippen molar-refractivity contribution in [1.82, 2.24) is 10.3 Å². The van der Waals surface area contributed by atoms with Crippen LogP contribution in [0, 0.1) is 0 Å². The van der Waals surface area contributed by atoms with Crippen LogP contribution >= 0.6 is 0 Å². The molecule has 1 aromatic heterocycles. The van der Waals surface area contributed by atoms with Gasteiger partial charge in [-0.2, -0.15) is 0 Å².